The van der Waals surface area contributed by atoms with Gasteiger partial charge in [-0.15, -0.1) is 0 Å². The highest BCUT2D eigenvalue weighted by Gasteiger charge is 2.37. The maximum atomic E-state index is 13.2. The van der Waals surface area contributed by atoms with Gasteiger partial charge in [0.2, 0.25) is 0 Å². The summed E-state index contributed by atoms with van der Waals surface area (Å²) in [6, 6.07) is 12.9. The lowest BCUT2D eigenvalue weighted by molar-refractivity contribution is 0.0682. The number of rotatable bonds is 8. The average molecular weight is 411 g/mol. The molecule has 2 aromatic carbocycles. The summed E-state index contributed by atoms with van der Waals surface area (Å²) in [5, 5.41) is 2.95. The smallest absolute Gasteiger partial charge is 0.255 e. The largest absolute Gasteiger partial charge is 0.497 e. The van der Waals surface area contributed by atoms with E-state index in [2.05, 4.69) is 24.1 Å². The van der Waals surface area contributed by atoms with Gasteiger partial charge >= 0.3 is 0 Å². The summed E-state index contributed by atoms with van der Waals surface area (Å²) in [4.78, 5) is 28.4. The molecule has 1 aliphatic heterocycles. The topological polar surface area (TPSA) is 67.9 Å². The van der Waals surface area contributed by atoms with Crippen molar-refractivity contribution in [3.63, 3.8) is 0 Å². The highest BCUT2D eigenvalue weighted by Crippen LogP contribution is 2.42. The molecule has 1 amide bonds. The lowest BCUT2D eigenvalue weighted by Gasteiger charge is -2.32. The summed E-state index contributed by atoms with van der Waals surface area (Å²) < 4.78 is 11.6. The van der Waals surface area contributed by atoms with Crippen molar-refractivity contribution in [1.29, 1.82) is 0 Å². The van der Waals surface area contributed by atoms with Crippen LogP contribution in [-0.4, -0.2) is 49.9 Å². The molecule has 0 spiro atoms. The molecule has 160 valence electrons. The number of Topliss-reactive ketones (excluding diaryl/α,β-unsaturated/α-hetero) is 1. The molecule has 0 radical (unpaired) electrons. The fourth-order valence-corrected chi connectivity index (χ4v) is 3.77. The molecule has 2 atom stereocenters. The summed E-state index contributed by atoms with van der Waals surface area (Å²) in [6.07, 6.45) is -0.443. The Bertz CT molecular complexity index is 894. The second-order valence-electron chi connectivity index (χ2n) is 7.44. The number of methoxy groups -OCH3 is 1. The van der Waals surface area contributed by atoms with E-state index in [1.54, 1.807) is 12.1 Å². The van der Waals surface area contributed by atoms with Crippen LogP contribution in [0.1, 0.15) is 53.2 Å². The van der Waals surface area contributed by atoms with Crippen LogP contribution >= 0.6 is 0 Å². The number of nitrogens with one attached hydrogen (secondary N) is 1. The van der Waals surface area contributed by atoms with Crippen molar-refractivity contribution in [2.75, 3.05) is 33.3 Å². The number of nitrogens with zero attached hydrogens (tertiary/aromatic N) is 1. The first-order chi connectivity index (χ1) is 14.5. The second kappa shape index (κ2) is 9.76. The van der Waals surface area contributed by atoms with Crippen molar-refractivity contribution >= 4 is 11.7 Å². The Morgan fingerprint density at radius 2 is 1.87 bits per heavy atom. The Labute approximate surface area is 178 Å². The van der Waals surface area contributed by atoms with E-state index in [-0.39, 0.29) is 17.6 Å². The normalized spacial score (nSPS) is 18.0. The molecule has 0 saturated carbocycles. The van der Waals surface area contributed by atoms with Gasteiger partial charge in [-0.2, -0.15) is 0 Å². The molecule has 6 nitrogen and oxygen atoms in total. The fraction of sp³-hybridized carbons (Fsp3) is 0.417. The van der Waals surface area contributed by atoms with Crippen molar-refractivity contribution in [1.82, 2.24) is 10.2 Å². The molecule has 0 aliphatic carbocycles. The van der Waals surface area contributed by atoms with Crippen LogP contribution in [0.3, 0.4) is 0 Å². The first-order valence-electron chi connectivity index (χ1n) is 10.5. The predicted octanol–water partition coefficient (Wildman–Crippen LogP) is 3.72. The molecule has 0 fully saturated rings. The van der Waals surface area contributed by atoms with Crippen LogP contribution in [0.25, 0.3) is 0 Å². The van der Waals surface area contributed by atoms with E-state index in [1.807, 2.05) is 37.3 Å². The zero-order valence-electron chi connectivity index (χ0n) is 18.1. The van der Waals surface area contributed by atoms with Gasteiger partial charge in [-0.25, -0.2) is 0 Å². The minimum atomic E-state index is -0.443. The molecule has 0 saturated heterocycles. The summed E-state index contributed by atoms with van der Waals surface area (Å²) in [6.45, 7) is 9.16. The molecule has 30 heavy (non-hydrogen) atoms. The van der Waals surface area contributed by atoms with E-state index < -0.39 is 6.10 Å². The third kappa shape index (κ3) is 4.49. The molecular formula is C24H30N2O4. The lowest BCUT2D eigenvalue weighted by Crippen LogP contribution is -2.36. The van der Waals surface area contributed by atoms with Crippen LogP contribution in [0.15, 0.2) is 42.5 Å². The third-order valence-electron chi connectivity index (χ3n) is 5.66. The van der Waals surface area contributed by atoms with E-state index in [0.29, 0.717) is 29.2 Å². The number of ether oxygens (including phenoxy) is 2. The zero-order chi connectivity index (χ0) is 21.7. The highest BCUT2D eigenvalue weighted by molar-refractivity contribution is 6.07. The summed E-state index contributed by atoms with van der Waals surface area (Å²) in [5.74, 6) is 0.0938. The van der Waals surface area contributed by atoms with E-state index >= 15 is 0 Å². The number of ketones is 1. The number of amides is 1. The van der Waals surface area contributed by atoms with E-state index in [4.69, 9.17) is 9.47 Å². The fourth-order valence-electron chi connectivity index (χ4n) is 3.77. The van der Waals surface area contributed by atoms with E-state index in [0.717, 1.165) is 25.2 Å². The number of hydrogen-bond donors (Lipinski definition) is 1. The Hall–Kier alpha value is -2.86. The van der Waals surface area contributed by atoms with Crippen LogP contribution < -0.4 is 14.8 Å². The van der Waals surface area contributed by atoms with Crippen LogP contribution in [0.5, 0.6) is 11.5 Å². The molecule has 1 aliphatic rings. The van der Waals surface area contributed by atoms with Gasteiger partial charge in [0.1, 0.15) is 17.6 Å². The van der Waals surface area contributed by atoms with Gasteiger partial charge in [-0.1, -0.05) is 51.1 Å². The molecule has 2 aromatic rings. The number of benzene rings is 2. The highest BCUT2D eigenvalue weighted by atomic mass is 16.5. The van der Waals surface area contributed by atoms with E-state index in [9.17, 15) is 9.59 Å². The number of fused-ring (bicyclic) bond motifs is 1. The van der Waals surface area contributed by atoms with Gasteiger partial charge < -0.3 is 19.7 Å². The first kappa shape index (κ1) is 21.8. The quantitative estimate of drug-likeness (QED) is 0.718. The van der Waals surface area contributed by atoms with Crippen molar-refractivity contribution in [2.24, 2.45) is 5.92 Å². The van der Waals surface area contributed by atoms with Gasteiger partial charge in [-0.05, 0) is 30.8 Å². The molecule has 6 heteroatoms. The standard InChI is InChI=1S/C24H30N2O4/c1-5-26(6-2)13-12-25-24(28)20-15-18(29-4)14-19-21(27)16(3)22(30-23(19)20)17-10-8-7-9-11-17/h7-11,14-16,22H,5-6,12-13H2,1-4H3,(H,25,28)/t16-,22-/m1/s1. The van der Waals surface area contributed by atoms with Crippen LogP contribution in [0, 0.1) is 5.92 Å². The first-order valence-corrected chi connectivity index (χ1v) is 10.5. The second-order valence-corrected chi connectivity index (χ2v) is 7.44. The Kier molecular flexibility index (Phi) is 7.11. The maximum Gasteiger partial charge on any atom is 0.255 e. The van der Waals surface area contributed by atoms with Crippen LogP contribution in [0.4, 0.5) is 0 Å². The summed E-state index contributed by atoms with van der Waals surface area (Å²) in [5.41, 5.74) is 1.63. The molecule has 1 heterocycles. The summed E-state index contributed by atoms with van der Waals surface area (Å²) in [7, 11) is 1.52. The molecule has 0 aromatic heterocycles. The Morgan fingerprint density at radius 3 is 2.50 bits per heavy atom. The minimum Gasteiger partial charge on any atom is -0.497 e. The van der Waals surface area contributed by atoms with Gasteiger partial charge in [0.05, 0.1) is 24.2 Å². The Morgan fingerprint density at radius 1 is 1.17 bits per heavy atom. The zero-order valence-corrected chi connectivity index (χ0v) is 18.1. The van der Waals surface area contributed by atoms with Crippen molar-refractivity contribution < 1.29 is 19.1 Å². The third-order valence-corrected chi connectivity index (χ3v) is 5.66. The maximum absolute atomic E-state index is 13.2. The number of carbonyl (C=O) groups excluding carboxylic acids is 2. The molecule has 0 bridgehead atoms. The van der Waals surface area contributed by atoms with Crippen molar-refractivity contribution in [3.8, 4) is 11.5 Å². The van der Waals surface area contributed by atoms with E-state index in [1.165, 1.54) is 7.11 Å². The average Bonchev–Trinajstić information content (AvgIpc) is 2.78. The van der Waals surface area contributed by atoms with Gasteiger partial charge in [0.15, 0.2) is 5.78 Å². The van der Waals surface area contributed by atoms with Gasteiger partial charge in [-0.3, -0.25) is 9.59 Å². The number of likely N-dealkylation sites (N-methyl/N-ethyl adjacent to an activating group) is 1. The molecular weight excluding hydrogens is 380 g/mol. The monoisotopic (exact) mass is 410 g/mol. The predicted molar refractivity (Wildman–Crippen MR) is 116 cm³/mol. The molecule has 1 N–H and O–H groups in total. The van der Waals surface area contributed by atoms with Crippen molar-refractivity contribution in [2.45, 2.75) is 26.9 Å². The minimum absolute atomic E-state index is 0.0544. The number of hydrogen-bond acceptors (Lipinski definition) is 5. The number of carbonyl (C=O) groups is 2. The molecule has 3 rings (SSSR count). The summed E-state index contributed by atoms with van der Waals surface area (Å²) >= 11 is 0. The SMILES string of the molecule is CCN(CC)CCNC(=O)c1cc(OC)cc2c1O[C@@H](c1ccccc1)[C@H](C)C2=O. The lowest BCUT2D eigenvalue weighted by atomic mass is 9.86. The van der Waals surface area contributed by atoms with Crippen molar-refractivity contribution in [3.05, 3.63) is 59.2 Å². The van der Waals surface area contributed by atoms with Crippen LogP contribution in [0.2, 0.25) is 0 Å². The van der Waals surface area contributed by atoms with Crippen LogP contribution in [-0.2, 0) is 0 Å². The molecule has 0 unspecified atom stereocenters. The van der Waals surface area contributed by atoms with Gasteiger partial charge in [0, 0.05) is 13.1 Å². The Balaban J connectivity index is 1.92. The van der Waals surface area contributed by atoms with Gasteiger partial charge in [0.25, 0.3) is 5.91 Å².